The smallest absolute Gasteiger partial charge is 0.307 e. The zero-order valence-electron chi connectivity index (χ0n) is 14.8. The van der Waals surface area contributed by atoms with Gasteiger partial charge in [0, 0.05) is 13.6 Å². The SMILES string of the molecule is CCCNC(=O)c1c(NC(=O)C(CC)n2cc([N+](=O)[O-])cn2)cnn1C. The van der Waals surface area contributed by atoms with E-state index in [2.05, 4.69) is 20.8 Å². The van der Waals surface area contributed by atoms with Gasteiger partial charge in [-0.2, -0.15) is 10.2 Å². The Hall–Kier alpha value is -3.24. The number of nitro groups is 1. The summed E-state index contributed by atoms with van der Waals surface area (Å²) in [6.45, 7) is 4.20. The Morgan fingerprint density at radius 1 is 1.31 bits per heavy atom. The van der Waals surface area contributed by atoms with Crippen molar-refractivity contribution in [2.45, 2.75) is 32.7 Å². The summed E-state index contributed by atoms with van der Waals surface area (Å²) in [5, 5.41) is 24.1. The number of aryl methyl sites for hydroxylation is 1. The molecular weight excluding hydrogens is 342 g/mol. The molecule has 2 heterocycles. The summed E-state index contributed by atoms with van der Waals surface area (Å²) < 4.78 is 2.61. The Bertz CT molecular complexity index is 811. The van der Waals surface area contributed by atoms with Crippen LogP contribution in [0, 0.1) is 10.1 Å². The van der Waals surface area contributed by atoms with Crippen LogP contribution in [0.15, 0.2) is 18.6 Å². The molecule has 140 valence electrons. The van der Waals surface area contributed by atoms with Crippen LogP contribution in [0.25, 0.3) is 0 Å². The van der Waals surface area contributed by atoms with Crippen molar-refractivity contribution in [3.8, 4) is 0 Å². The monoisotopic (exact) mass is 363 g/mol. The molecule has 2 aromatic heterocycles. The summed E-state index contributed by atoms with van der Waals surface area (Å²) >= 11 is 0. The molecular formula is C15H21N7O4. The molecule has 2 amide bonds. The summed E-state index contributed by atoms with van der Waals surface area (Å²) in [7, 11) is 1.60. The minimum absolute atomic E-state index is 0.197. The van der Waals surface area contributed by atoms with Crippen LogP contribution in [0.2, 0.25) is 0 Å². The Balaban J connectivity index is 2.20. The first-order valence-electron chi connectivity index (χ1n) is 8.18. The molecule has 0 saturated carbocycles. The van der Waals surface area contributed by atoms with E-state index >= 15 is 0 Å². The number of hydrogen-bond donors (Lipinski definition) is 2. The average Bonchev–Trinajstić information content (AvgIpc) is 3.21. The largest absolute Gasteiger partial charge is 0.351 e. The van der Waals surface area contributed by atoms with Crippen molar-refractivity contribution in [1.82, 2.24) is 24.9 Å². The van der Waals surface area contributed by atoms with Crippen molar-refractivity contribution in [2.24, 2.45) is 7.05 Å². The molecule has 26 heavy (non-hydrogen) atoms. The summed E-state index contributed by atoms with van der Waals surface area (Å²) in [4.78, 5) is 35.1. The van der Waals surface area contributed by atoms with Gasteiger partial charge in [0.2, 0.25) is 5.91 Å². The second-order valence-electron chi connectivity index (χ2n) is 5.64. The first-order chi connectivity index (χ1) is 12.4. The first-order valence-corrected chi connectivity index (χ1v) is 8.18. The maximum atomic E-state index is 12.6. The minimum atomic E-state index is -0.754. The molecule has 2 N–H and O–H groups in total. The molecule has 2 rings (SSSR count). The van der Waals surface area contributed by atoms with Crippen LogP contribution in [0.1, 0.15) is 43.2 Å². The number of hydrogen-bond acceptors (Lipinski definition) is 6. The molecule has 0 bridgehead atoms. The van der Waals surface area contributed by atoms with Gasteiger partial charge in [-0.25, -0.2) is 0 Å². The third-order valence-electron chi connectivity index (χ3n) is 3.75. The summed E-state index contributed by atoms with van der Waals surface area (Å²) in [6, 6.07) is -0.754. The van der Waals surface area contributed by atoms with Crippen molar-refractivity contribution in [3.63, 3.8) is 0 Å². The second-order valence-corrected chi connectivity index (χ2v) is 5.64. The predicted molar refractivity (Wildman–Crippen MR) is 92.7 cm³/mol. The van der Waals surface area contributed by atoms with Gasteiger partial charge in [-0.15, -0.1) is 0 Å². The fraction of sp³-hybridized carbons (Fsp3) is 0.467. The molecule has 0 spiro atoms. The highest BCUT2D eigenvalue weighted by Crippen LogP contribution is 2.20. The van der Waals surface area contributed by atoms with Gasteiger partial charge in [0.15, 0.2) is 0 Å². The average molecular weight is 363 g/mol. The summed E-state index contributed by atoms with van der Waals surface area (Å²) in [6.07, 6.45) is 4.82. The number of rotatable bonds is 8. The van der Waals surface area contributed by atoms with E-state index in [0.29, 0.717) is 13.0 Å². The van der Waals surface area contributed by atoms with Crippen molar-refractivity contribution in [2.75, 3.05) is 11.9 Å². The number of carbonyl (C=O) groups excluding carboxylic acids is 2. The van der Waals surface area contributed by atoms with Crippen LogP contribution in [0.4, 0.5) is 11.4 Å². The highest BCUT2D eigenvalue weighted by atomic mass is 16.6. The fourth-order valence-electron chi connectivity index (χ4n) is 2.42. The normalized spacial score (nSPS) is 11.8. The number of aromatic nitrogens is 4. The van der Waals surface area contributed by atoms with Gasteiger partial charge >= 0.3 is 5.69 Å². The first kappa shape index (κ1) is 19.1. The quantitative estimate of drug-likeness (QED) is 0.535. The maximum Gasteiger partial charge on any atom is 0.307 e. The zero-order valence-corrected chi connectivity index (χ0v) is 14.8. The summed E-state index contributed by atoms with van der Waals surface area (Å²) in [5.74, 6) is -0.784. The highest BCUT2D eigenvalue weighted by Gasteiger charge is 2.25. The van der Waals surface area contributed by atoms with E-state index < -0.39 is 16.9 Å². The highest BCUT2D eigenvalue weighted by molar-refractivity contribution is 6.03. The lowest BCUT2D eigenvalue weighted by Crippen LogP contribution is -2.29. The van der Waals surface area contributed by atoms with Gasteiger partial charge in [0.1, 0.15) is 24.1 Å². The van der Waals surface area contributed by atoms with Gasteiger partial charge in [0.05, 0.1) is 16.8 Å². The summed E-state index contributed by atoms with van der Waals surface area (Å²) in [5.41, 5.74) is 0.302. The molecule has 1 unspecified atom stereocenters. The molecule has 0 saturated heterocycles. The van der Waals surface area contributed by atoms with E-state index in [-0.39, 0.29) is 23.0 Å². The van der Waals surface area contributed by atoms with E-state index in [1.807, 2.05) is 6.92 Å². The van der Waals surface area contributed by atoms with E-state index in [4.69, 9.17) is 0 Å². The van der Waals surface area contributed by atoms with Crippen LogP contribution in [0.5, 0.6) is 0 Å². The molecule has 0 fully saturated rings. The Labute approximate surface area is 149 Å². The minimum Gasteiger partial charge on any atom is -0.351 e. The Morgan fingerprint density at radius 2 is 2.04 bits per heavy atom. The van der Waals surface area contributed by atoms with Crippen LogP contribution >= 0.6 is 0 Å². The van der Waals surface area contributed by atoms with E-state index in [1.165, 1.54) is 21.8 Å². The lowest BCUT2D eigenvalue weighted by molar-refractivity contribution is -0.385. The topological polar surface area (TPSA) is 137 Å². The molecule has 2 aromatic rings. The fourth-order valence-corrected chi connectivity index (χ4v) is 2.42. The van der Waals surface area contributed by atoms with E-state index in [1.54, 1.807) is 14.0 Å². The van der Waals surface area contributed by atoms with Gasteiger partial charge < -0.3 is 10.6 Å². The second kappa shape index (κ2) is 8.23. The van der Waals surface area contributed by atoms with Crippen LogP contribution in [0.3, 0.4) is 0 Å². The number of anilines is 1. The van der Waals surface area contributed by atoms with Crippen molar-refractivity contribution < 1.29 is 14.5 Å². The number of nitrogens with zero attached hydrogens (tertiary/aromatic N) is 5. The van der Waals surface area contributed by atoms with E-state index in [9.17, 15) is 19.7 Å². The van der Waals surface area contributed by atoms with Crippen molar-refractivity contribution in [1.29, 1.82) is 0 Å². The van der Waals surface area contributed by atoms with Crippen molar-refractivity contribution in [3.05, 3.63) is 34.4 Å². The molecule has 0 aliphatic carbocycles. The van der Waals surface area contributed by atoms with Gasteiger partial charge in [-0.05, 0) is 12.8 Å². The predicted octanol–water partition coefficient (Wildman–Crippen LogP) is 1.25. The van der Waals surface area contributed by atoms with Gasteiger partial charge in [-0.3, -0.25) is 29.1 Å². The number of amides is 2. The Morgan fingerprint density at radius 3 is 2.62 bits per heavy atom. The van der Waals surface area contributed by atoms with Gasteiger partial charge in [-0.1, -0.05) is 13.8 Å². The van der Waals surface area contributed by atoms with Crippen molar-refractivity contribution >= 4 is 23.2 Å². The van der Waals surface area contributed by atoms with Crippen LogP contribution in [-0.4, -0.2) is 42.8 Å². The molecule has 11 heteroatoms. The standard InChI is InChI=1S/C15H21N7O4/c1-4-6-16-15(24)13-11(8-17-20(13)3)19-14(23)12(5-2)21-9-10(7-18-21)22(25)26/h7-9,12H,4-6H2,1-3H3,(H,16,24)(H,19,23). The van der Waals surface area contributed by atoms with Gasteiger partial charge in [0.25, 0.3) is 5.91 Å². The van der Waals surface area contributed by atoms with E-state index in [0.717, 1.165) is 12.6 Å². The van der Waals surface area contributed by atoms with Crippen LogP contribution in [-0.2, 0) is 11.8 Å². The molecule has 0 radical (unpaired) electrons. The number of nitrogens with one attached hydrogen (secondary N) is 2. The lowest BCUT2D eigenvalue weighted by atomic mass is 10.2. The zero-order chi connectivity index (χ0) is 19.3. The molecule has 1 atom stereocenters. The maximum absolute atomic E-state index is 12.6. The third-order valence-corrected chi connectivity index (χ3v) is 3.75. The number of carbonyl (C=O) groups is 2. The lowest BCUT2D eigenvalue weighted by Gasteiger charge is -2.15. The van der Waals surface area contributed by atoms with Crippen LogP contribution < -0.4 is 10.6 Å². The molecule has 11 nitrogen and oxygen atoms in total. The Kier molecular flexibility index (Phi) is 6.04. The molecule has 0 aliphatic rings. The third kappa shape index (κ3) is 4.05. The molecule has 0 aliphatic heterocycles. The molecule has 0 aromatic carbocycles.